The van der Waals surface area contributed by atoms with Gasteiger partial charge in [-0.05, 0) is 25.1 Å². The summed E-state index contributed by atoms with van der Waals surface area (Å²) < 4.78 is 37.9. The highest BCUT2D eigenvalue weighted by atomic mass is 32.3. The van der Waals surface area contributed by atoms with Crippen LogP contribution in [-0.4, -0.2) is 57.3 Å². The summed E-state index contributed by atoms with van der Waals surface area (Å²) in [7, 11) is -2.05. The Morgan fingerprint density at radius 2 is 1.90 bits per heavy atom. The first-order valence-corrected chi connectivity index (χ1v) is 11.2. The fraction of sp³-hybridized carbons (Fsp3) is 0.350. The van der Waals surface area contributed by atoms with E-state index in [4.69, 9.17) is 9.26 Å². The summed E-state index contributed by atoms with van der Waals surface area (Å²) in [6, 6.07) is 9.34. The number of hydrogen-bond acceptors (Lipinski definition) is 9. The van der Waals surface area contributed by atoms with E-state index < -0.39 is 10.4 Å². The minimum Gasteiger partial charge on any atom is -0.593 e. The van der Waals surface area contributed by atoms with Crippen molar-refractivity contribution in [3.05, 3.63) is 48.0 Å². The van der Waals surface area contributed by atoms with Crippen LogP contribution < -0.4 is 15.0 Å². The molecule has 0 saturated carbocycles. The largest absolute Gasteiger partial charge is 0.593 e. The van der Waals surface area contributed by atoms with Crippen molar-refractivity contribution in [2.45, 2.75) is 18.7 Å². The molecule has 1 aliphatic rings. The summed E-state index contributed by atoms with van der Waals surface area (Å²) >= 11 is 0. The molecule has 2 aromatic heterocycles. The molecule has 1 fully saturated rings. The minimum absolute atomic E-state index is 0.153. The van der Waals surface area contributed by atoms with Gasteiger partial charge >= 0.3 is 0 Å². The lowest BCUT2D eigenvalue weighted by Crippen LogP contribution is -2.51. The highest BCUT2D eigenvalue weighted by Gasteiger charge is 2.38. The number of methoxy groups -OCH3 is 1. The van der Waals surface area contributed by atoms with Gasteiger partial charge in [-0.2, -0.15) is 4.98 Å². The molecule has 0 spiro atoms. The number of ether oxygens (including phenoxy) is 1. The second kappa shape index (κ2) is 8.61. The molecule has 11 heteroatoms. The smallest absolute Gasteiger partial charge is 0.240 e. The first kappa shape index (κ1) is 21.2. The Kier molecular flexibility index (Phi) is 5.90. The number of piperazine rings is 1. The highest BCUT2D eigenvalue weighted by molar-refractivity contribution is 7.95. The summed E-state index contributed by atoms with van der Waals surface area (Å²) in [4.78, 5) is 11.1. The van der Waals surface area contributed by atoms with Crippen LogP contribution in [0.1, 0.15) is 11.5 Å². The molecule has 1 aliphatic heterocycles. The van der Waals surface area contributed by atoms with Gasteiger partial charge in [0, 0.05) is 26.2 Å². The van der Waals surface area contributed by atoms with Gasteiger partial charge in [0.25, 0.3) is 0 Å². The molecule has 3 heterocycles. The number of rotatable bonds is 6. The highest BCUT2D eigenvalue weighted by Crippen LogP contribution is 2.30. The molecule has 1 aromatic carbocycles. The zero-order valence-electron chi connectivity index (χ0n) is 17.6. The molecule has 0 radical (unpaired) electrons. The monoisotopic (exact) mass is 444 g/mol. The molecule has 0 amide bonds. The van der Waals surface area contributed by atoms with Gasteiger partial charge in [0.1, 0.15) is 17.3 Å². The van der Waals surface area contributed by atoms with Crippen molar-refractivity contribution in [2.24, 2.45) is 0 Å². The Hall–Kier alpha value is -3.02. The summed E-state index contributed by atoms with van der Waals surface area (Å²) in [6.45, 7) is 4.83. The lowest BCUT2D eigenvalue weighted by molar-refractivity contribution is 0.334. The number of nitrogens with zero attached hydrogens (tertiary/aromatic N) is 5. The van der Waals surface area contributed by atoms with Crippen molar-refractivity contribution in [3.63, 3.8) is 0 Å². The van der Waals surface area contributed by atoms with Crippen LogP contribution in [0.4, 0.5) is 17.5 Å². The van der Waals surface area contributed by atoms with Gasteiger partial charge in [0.15, 0.2) is 16.2 Å². The van der Waals surface area contributed by atoms with E-state index in [0.717, 1.165) is 5.69 Å². The van der Waals surface area contributed by atoms with Crippen molar-refractivity contribution in [1.29, 1.82) is 0 Å². The van der Waals surface area contributed by atoms with Gasteiger partial charge in [-0.25, -0.2) is 4.98 Å². The Morgan fingerprint density at radius 3 is 2.58 bits per heavy atom. The first-order valence-electron chi connectivity index (χ1n) is 9.81. The van der Waals surface area contributed by atoms with Gasteiger partial charge in [0.05, 0.1) is 25.9 Å². The summed E-state index contributed by atoms with van der Waals surface area (Å²) in [6.07, 6.45) is 1.67. The van der Waals surface area contributed by atoms with E-state index in [9.17, 15) is 8.76 Å². The van der Waals surface area contributed by atoms with Crippen LogP contribution in [0, 0.1) is 13.8 Å². The number of sulfonamides is 1. The predicted octanol–water partition coefficient (Wildman–Crippen LogP) is 2.56. The van der Waals surface area contributed by atoms with Crippen LogP contribution in [-0.2, 0) is 14.6 Å². The van der Waals surface area contributed by atoms with Crippen molar-refractivity contribution in [2.75, 3.05) is 43.5 Å². The molecule has 31 heavy (non-hydrogen) atoms. The summed E-state index contributed by atoms with van der Waals surface area (Å²) in [5.41, 5.74) is 1.17. The van der Waals surface area contributed by atoms with Crippen molar-refractivity contribution >= 4 is 27.9 Å². The van der Waals surface area contributed by atoms with Crippen LogP contribution in [0.5, 0.6) is 5.75 Å². The van der Waals surface area contributed by atoms with Crippen LogP contribution in [0.2, 0.25) is 0 Å². The van der Waals surface area contributed by atoms with E-state index in [-0.39, 0.29) is 4.90 Å². The van der Waals surface area contributed by atoms with E-state index >= 15 is 0 Å². The number of para-hydroxylation sites is 2. The normalized spacial score (nSPS) is 16.7. The Morgan fingerprint density at radius 1 is 1.16 bits per heavy atom. The van der Waals surface area contributed by atoms with Gasteiger partial charge in [0.2, 0.25) is 10.8 Å². The third-order valence-corrected chi connectivity index (χ3v) is 7.24. The van der Waals surface area contributed by atoms with E-state index in [2.05, 4.69) is 20.4 Å². The minimum atomic E-state index is -3.66. The second-order valence-corrected chi connectivity index (χ2v) is 8.99. The van der Waals surface area contributed by atoms with Crippen molar-refractivity contribution in [3.8, 4) is 5.75 Å². The van der Waals surface area contributed by atoms with Crippen molar-refractivity contribution < 1.29 is 18.0 Å². The number of hydrogen-bond donors (Lipinski definition) is 1. The number of anilines is 3. The lowest BCUT2D eigenvalue weighted by atomic mass is 10.3. The third-order valence-electron chi connectivity index (χ3n) is 5.10. The quantitative estimate of drug-likeness (QED) is 0.572. The SMILES string of the molecule is COc1ccccc1Nc1ccnc(N2CCN([S+](=O)([O-])c3c(C)noc3C)CC2)n1. The molecule has 1 N–H and O–H groups in total. The van der Waals surface area contributed by atoms with E-state index in [1.165, 1.54) is 4.31 Å². The zero-order valence-corrected chi connectivity index (χ0v) is 18.4. The average Bonchev–Trinajstić information content (AvgIpc) is 3.13. The molecule has 164 valence electrons. The van der Waals surface area contributed by atoms with E-state index in [0.29, 0.717) is 55.1 Å². The fourth-order valence-electron chi connectivity index (χ4n) is 3.56. The van der Waals surface area contributed by atoms with Gasteiger partial charge in [-0.1, -0.05) is 21.5 Å². The first-order chi connectivity index (χ1) is 14.9. The van der Waals surface area contributed by atoms with Gasteiger partial charge in [-0.15, -0.1) is 4.31 Å². The van der Waals surface area contributed by atoms with E-state index in [1.807, 2.05) is 29.2 Å². The summed E-state index contributed by atoms with van der Waals surface area (Å²) in [5.74, 6) is 2.17. The predicted molar refractivity (Wildman–Crippen MR) is 115 cm³/mol. The molecule has 1 saturated heterocycles. The van der Waals surface area contributed by atoms with Crippen LogP contribution in [0.3, 0.4) is 0 Å². The standard InChI is InChI=1S/C20H24N6O4S/c1-14-19(15(2)30-24-14)31(27,28)26-12-10-25(11-13-26)20-21-9-8-18(23-20)22-16-6-4-5-7-17(16)29-3/h4-9H,10-13H2,1-3H3,(H-,21,22,23,27,28). The Bertz CT molecular complexity index is 1090. The number of benzene rings is 1. The zero-order chi connectivity index (χ0) is 22.0. The molecule has 1 unspecified atom stereocenters. The number of nitrogens with one attached hydrogen (secondary N) is 1. The molecule has 0 aliphatic carbocycles. The molecular formula is C20H24N6O4S. The lowest BCUT2D eigenvalue weighted by Gasteiger charge is -2.35. The molecule has 0 bridgehead atoms. The van der Waals surface area contributed by atoms with Crippen molar-refractivity contribution in [1.82, 2.24) is 19.4 Å². The maximum Gasteiger partial charge on any atom is 0.240 e. The molecule has 4 rings (SSSR count). The molecule has 1 atom stereocenters. The van der Waals surface area contributed by atoms with Crippen LogP contribution in [0.25, 0.3) is 0 Å². The molecular weight excluding hydrogens is 420 g/mol. The Balaban J connectivity index is 1.46. The Labute approximate surface area is 181 Å². The maximum atomic E-state index is 13.0. The number of aryl methyl sites for hydroxylation is 2. The van der Waals surface area contributed by atoms with Crippen LogP contribution in [0.15, 0.2) is 45.9 Å². The van der Waals surface area contributed by atoms with E-state index in [1.54, 1.807) is 33.2 Å². The van der Waals surface area contributed by atoms with Gasteiger partial charge in [-0.3, -0.25) is 0 Å². The average molecular weight is 445 g/mol. The van der Waals surface area contributed by atoms with Gasteiger partial charge < -0.3 is 24.0 Å². The molecule has 10 nitrogen and oxygen atoms in total. The second-order valence-electron chi connectivity index (χ2n) is 7.11. The third kappa shape index (κ3) is 4.24. The van der Waals surface area contributed by atoms with Crippen LogP contribution >= 0.6 is 0 Å². The fourth-order valence-corrected chi connectivity index (χ4v) is 5.27. The molecule has 3 aromatic rings. The number of aromatic nitrogens is 3. The topological polar surface area (TPSA) is 120 Å². The maximum absolute atomic E-state index is 13.0. The summed E-state index contributed by atoms with van der Waals surface area (Å²) in [5, 5.41) is 7.01.